The van der Waals surface area contributed by atoms with Crippen LogP contribution < -0.4 is 11.3 Å². The number of nitro benzene ring substituents is 1. The molecule has 6 nitrogen and oxygen atoms in total. The summed E-state index contributed by atoms with van der Waals surface area (Å²) in [5.74, 6) is 6.32. The molecule has 0 heterocycles. The van der Waals surface area contributed by atoms with Crippen molar-refractivity contribution in [1.29, 1.82) is 0 Å². The van der Waals surface area contributed by atoms with E-state index in [-0.39, 0.29) is 10.6 Å². The number of nitrogens with one attached hydrogen (secondary N) is 1. The molecule has 1 saturated carbocycles. The molecule has 0 atom stereocenters. The third-order valence-corrected chi connectivity index (χ3v) is 4.48. The number of nitrogens with two attached hydrogens (primary N) is 1. The van der Waals surface area contributed by atoms with Crippen molar-refractivity contribution in [2.75, 3.05) is 12.5 Å². The molecule has 0 spiro atoms. The number of rotatable bonds is 5. The number of nitrogen functional groups attached to an aromatic ring is 1. The number of hydrogen-bond donors (Lipinski definition) is 2. The second kappa shape index (κ2) is 6.87. The summed E-state index contributed by atoms with van der Waals surface area (Å²) in [6.07, 6.45) is 4.90. The summed E-state index contributed by atoms with van der Waals surface area (Å²) in [6.45, 7) is 2.97. The second-order valence-corrected chi connectivity index (χ2v) is 6.07. The zero-order valence-corrected chi connectivity index (χ0v) is 12.7. The van der Waals surface area contributed by atoms with E-state index in [1.165, 1.54) is 31.7 Å². The predicted molar refractivity (Wildman–Crippen MR) is 83.8 cm³/mol. The van der Waals surface area contributed by atoms with Gasteiger partial charge in [-0.1, -0.05) is 6.92 Å². The first kappa shape index (κ1) is 15.7. The first-order valence-electron chi connectivity index (χ1n) is 7.45. The Kier molecular flexibility index (Phi) is 5.14. The number of anilines is 1. The molecular weight excluding hydrogens is 268 g/mol. The second-order valence-electron chi connectivity index (χ2n) is 6.07. The maximum Gasteiger partial charge on any atom is 0.269 e. The van der Waals surface area contributed by atoms with E-state index in [0.29, 0.717) is 12.6 Å². The smallest absolute Gasteiger partial charge is 0.269 e. The maximum atomic E-state index is 10.9. The Labute approximate surface area is 125 Å². The lowest BCUT2D eigenvalue weighted by Gasteiger charge is -2.33. The SMILES string of the molecule is CC1CCC(N(C)Cc2cc([N+](=O)[O-])ccc2NN)CC1. The Morgan fingerprint density at radius 1 is 1.38 bits per heavy atom. The monoisotopic (exact) mass is 292 g/mol. The summed E-state index contributed by atoms with van der Waals surface area (Å²) in [5, 5.41) is 10.9. The zero-order chi connectivity index (χ0) is 15.4. The third-order valence-electron chi connectivity index (χ3n) is 4.48. The minimum Gasteiger partial charge on any atom is -0.324 e. The van der Waals surface area contributed by atoms with Crippen LogP contribution in [0, 0.1) is 16.0 Å². The summed E-state index contributed by atoms with van der Waals surface area (Å²) in [4.78, 5) is 12.8. The van der Waals surface area contributed by atoms with Gasteiger partial charge in [0.15, 0.2) is 0 Å². The van der Waals surface area contributed by atoms with Crippen molar-refractivity contribution in [3.8, 4) is 0 Å². The van der Waals surface area contributed by atoms with Gasteiger partial charge in [0.2, 0.25) is 0 Å². The van der Waals surface area contributed by atoms with Crippen LogP contribution in [0.25, 0.3) is 0 Å². The molecule has 1 aromatic rings. The molecule has 0 aliphatic heterocycles. The van der Waals surface area contributed by atoms with Gasteiger partial charge in [-0.2, -0.15) is 0 Å². The van der Waals surface area contributed by atoms with E-state index in [4.69, 9.17) is 5.84 Å². The third kappa shape index (κ3) is 3.92. The van der Waals surface area contributed by atoms with Crippen LogP contribution >= 0.6 is 0 Å². The van der Waals surface area contributed by atoms with Gasteiger partial charge in [-0.15, -0.1) is 0 Å². The summed E-state index contributed by atoms with van der Waals surface area (Å²) < 4.78 is 0. The number of nitro groups is 1. The van der Waals surface area contributed by atoms with Gasteiger partial charge >= 0.3 is 0 Å². The van der Waals surface area contributed by atoms with Gasteiger partial charge in [-0.05, 0) is 50.3 Å². The number of benzene rings is 1. The lowest BCUT2D eigenvalue weighted by Crippen LogP contribution is -2.34. The Morgan fingerprint density at radius 2 is 2.05 bits per heavy atom. The molecule has 0 saturated heterocycles. The summed E-state index contributed by atoms with van der Waals surface area (Å²) in [5.41, 5.74) is 4.35. The summed E-state index contributed by atoms with van der Waals surface area (Å²) in [7, 11) is 2.08. The Balaban J connectivity index is 2.10. The van der Waals surface area contributed by atoms with Crippen molar-refractivity contribution in [3.05, 3.63) is 33.9 Å². The van der Waals surface area contributed by atoms with Gasteiger partial charge in [0.05, 0.1) is 10.6 Å². The van der Waals surface area contributed by atoms with E-state index < -0.39 is 0 Å². The van der Waals surface area contributed by atoms with Gasteiger partial charge in [0.25, 0.3) is 5.69 Å². The van der Waals surface area contributed by atoms with Crippen LogP contribution in [0.2, 0.25) is 0 Å². The van der Waals surface area contributed by atoms with Gasteiger partial charge in [-0.25, -0.2) is 0 Å². The van der Waals surface area contributed by atoms with Crippen molar-refractivity contribution >= 4 is 11.4 Å². The van der Waals surface area contributed by atoms with Gasteiger partial charge in [-0.3, -0.25) is 20.9 Å². The van der Waals surface area contributed by atoms with E-state index in [0.717, 1.165) is 17.2 Å². The molecule has 1 fully saturated rings. The van der Waals surface area contributed by atoms with Crippen LogP contribution in [-0.4, -0.2) is 22.9 Å². The maximum absolute atomic E-state index is 10.9. The average Bonchev–Trinajstić information content (AvgIpc) is 2.47. The molecule has 1 aliphatic rings. The van der Waals surface area contributed by atoms with Crippen molar-refractivity contribution in [1.82, 2.24) is 4.90 Å². The lowest BCUT2D eigenvalue weighted by atomic mass is 9.86. The predicted octanol–water partition coefficient (Wildman–Crippen LogP) is 2.89. The van der Waals surface area contributed by atoms with Crippen LogP contribution in [0.1, 0.15) is 38.2 Å². The first-order chi connectivity index (χ1) is 10.0. The largest absolute Gasteiger partial charge is 0.324 e. The fraction of sp³-hybridized carbons (Fsp3) is 0.600. The van der Waals surface area contributed by atoms with E-state index in [1.807, 2.05) is 0 Å². The standard InChI is InChI=1S/C15H24N4O2/c1-11-3-5-13(6-4-11)18(2)10-12-9-14(19(20)21)7-8-15(12)17-16/h7-9,11,13,17H,3-6,10,16H2,1-2H3. The molecule has 116 valence electrons. The van der Waals surface area contributed by atoms with E-state index in [1.54, 1.807) is 12.1 Å². The highest BCUT2D eigenvalue weighted by atomic mass is 16.6. The van der Waals surface area contributed by atoms with Gasteiger partial charge in [0.1, 0.15) is 0 Å². The van der Waals surface area contributed by atoms with E-state index in [2.05, 4.69) is 24.3 Å². The lowest BCUT2D eigenvalue weighted by molar-refractivity contribution is -0.384. The quantitative estimate of drug-likeness (QED) is 0.495. The van der Waals surface area contributed by atoms with Gasteiger partial charge in [0, 0.05) is 24.7 Å². The van der Waals surface area contributed by atoms with Crippen LogP contribution in [0.3, 0.4) is 0 Å². The Morgan fingerprint density at radius 3 is 2.62 bits per heavy atom. The fourth-order valence-corrected chi connectivity index (χ4v) is 3.05. The minimum absolute atomic E-state index is 0.106. The van der Waals surface area contributed by atoms with Crippen LogP contribution in [0.4, 0.5) is 11.4 Å². The van der Waals surface area contributed by atoms with E-state index in [9.17, 15) is 10.1 Å². The molecule has 21 heavy (non-hydrogen) atoms. The molecule has 0 bridgehead atoms. The van der Waals surface area contributed by atoms with Crippen molar-refractivity contribution < 1.29 is 4.92 Å². The molecule has 1 aromatic carbocycles. The Hall–Kier alpha value is -1.66. The Bertz CT molecular complexity index is 498. The summed E-state index contributed by atoms with van der Waals surface area (Å²) in [6, 6.07) is 5.30. The molecule has 6 heteroatoms. The molecule has 0 unspecified atom stereocenters. The number of hydrogen-bond acceptors (Lipinski definition) is 5. The van der Waals surface area contributed by atoms with Crippen molar-refractivity contribution in [2.45, 2.75) is 45.2 Å². The van der Waals surface area contributed by atoms with Crippen molar-refractivity contribution in [2.24, 2.45) is 11.8 Å². The fourth-order valence-electron chi connectivity index (χ4n) is 3.05. The first-order valence-corrected chi connectivity index (χ1v) is 7.45. The highest BCUT2D eigenvalue weighted by Crippen LogP contribution is 2.29. The van der Waals surface area contributed by atoms with Crippen LogP contribution in [0.15, 0.2) is 18.2 Å². The average molecular weight is 292 g/mol. The van der Waals surface area contributed by atoms with Crippen LogP contribution in [-0.2, 0) is 6.54 Å². The molecule has 2 rings (SSSR count). The summed E-state index contributed by atoms with van der Waals surface area (Å²) >= 11 is 0. The zero-order valence-electron chi connectivity index (χ0n) is 12.7. The molecule has 1 aliphatic carbocycles. The van der Waals surface area contributed by atoms with E-state index >= 15 is 0 Å². The highest BCUT2D eigenvalue weighted by molar-refractivity contribution is 5.55. The number of nitrogens with zero attached hydrogens (tertiary/aromatic N) is 2. The highest BCUT2D eigenvalue weighted by Gasteiger charge is 2.22. The van der Waals surface area contributed by atoms with Crippen molar-refractivity contribution in [3.63, 3.8) is 0 Å². The molecule has 0 radical (unpaired) electrons. The normalized spacial score (nSPS) is 22.3. The topological polar surface area (TPSA) is 84.4 Å². The molecular formula is C15H24N4O2. The molecule has 0 aromatic heterocycles. The molecule has 0 amide bonds. The minimum atomic E-state index is -0.369. The van der Waals surface area contributed by atoms with Gasteiger partial charge < -0.3 is 5.43 Å². The number of hydrazine groups is 1. The molecule has 3 N–H and O–H groups in total. The van der Waals surface area contributed by atoms with Crippen LogP contribution in [0.5, 0.6) is 0 Å². The number of non-ortho nitro benzene ring substituents is 1.